The van der Waals surface area contributed by atoms with Gasteiger partial charge >= 0.3 is 0 Å². The minimum absolute atomic E-state index is 0.00585. The molecule has 0 unspecified atom stereocenters. The Balaban J connectivity index is 2.07. The van der Waals surface area contributed by atoms with Gasteiger partial charge in [0.25, 0.3) is 5.91 Å². The van der Waals surface area contributed by atoms with Crippen molar-refractivity contribution < 1.29 is 22.0 Å². The van der Waals surface area contributed by atoms with Gasteiger partial charge in [-0.15, -0.1) is 0 Å². The van der Waals surface area contributed by atoms with Gasteiger partial charge in [-0.25, -0.2) is 17.2 Å². The van der Waals surface area contributed by atoms with Crippen LogP contribution in [0.2, 0.25) is 5.02 Å². The van der Waals surface area contributed by atoms with E-state index in [1.165, 1.54) is 12.1 Å². The van der Waals surface area contributed by atoms with E-state index < -0.39 is 27.4 Å². The Morgan fingerprint density at radius 3 is 2.32 bits per heavy atom. The molecule has 0 fully saturated rings. The highest BCUT2D eigenvalue weighted by Gasteiger charge is 2.20. The maximum atomic E-state index is 14.5. The summed E-state index contributed by atoms with van der Waals surface area (Å²) in [5, 5.41) is 2.37. The molecule has 1 N–H and O–H groups in total. The van der Waals surface area contributed by atoms with Crippen molar-refractivity contribution in [2.75, 3.05) is 11.6 Å². The van der Waals surface area contributed by atoms with Crippen LogP contribution in [0.5, 0.6) is 0 Å². The zero-order valence-electron chi connectivity index (χ0n) is 14.5. The lowest BCUT2D eigenvalue weighted by molar-refractivity contribution is 0.102. The lowest BCUT2D eigenvalue weighted by atomic mass is 10.0. The fourth-order valence-electron chi connectivity index (χ4n) is 2.64. The van der Waals surface area contributed by atoms with E-state index in [1.54, 1.807) is 30.3 Å². The Labute approximate surface area is 165 Å². The fraction of sp³-hybridized carbons (Fsp3) is 0.0500. The number of sulfone groups is 1. The minimum atomic E-state index is -3.58. The van der Waals surface area contributed by atoms with Gasteiger partial charge in [-0.1, -0.05) is 41.9 Å². The monoisotopic (exact) mass is 421 g/mol. The molecule has 0 radical (unpaired) electrons. The van der Waals surface area contributed by atoms with E-state index in [1.807, 2.05) is 0 Å². The first-order valence-electron chi connectivity index (χ1n) is 8.02. The van der Waals surface area contributed by atoms with E-state index in [4.69, 9.17) is 11.6 Å². The topological polar surface area (TPSA) is 63.2 Å². The SMILES string of the molecule is CS(=O)(=O)c1ccc(Cl)c(C(=O)Nc2c(F)cc(F)cc2-c2ccccc2)c1. The van der Waals surface area contributed by atoms with Gasteiger partial charge in [-0.05, 0) is 29.8 Å². The van der Waals surface area contributed by atoms with Crippen LogP contribution in [0.15, 0.2) is 65.6 Å². The van der Waals surface area contributed by atoms with Crippen molar-refractivity contribution >= 4 is 33.0 Å². The van der Waals surface area contributed by atoms with Crippen molar-refractivity contribution in [3.63, 3.8) is 0 Å². The zero-order chi connectivity index (χ0) is 20.5. The summed E-state index contributed by atoms with van der Waals surface area (Å²) in [6, 6.07) is 13.8. The number of anilines is 1. The Bertz CT molecular complexity index is 1170. The molecule has 0 aliphatic rings. The first-order chi connectivity index (χ1) is 13.2. The average Bonchev–Trinajstić information content (AvgIpc) is 2.63. The summed E-state index contributed by atoms with van der Waals surface area (Å²) in [6.07, 6.45) is 0.991. The molecule has 0 atom stereocenters. The number of nitrogens with one attached hydrogen (secondary N) is 1. The molecular weight excluding hydrogens is 408 g/mol. The summed E-state index contributed by atoms with van der Waals surface area (Å²) in [4.78, 5) is 12.6. The van der Waals surface area contributed by atoms with Crippen molar-refractivity contribution in [2.24, 2.45) is 0 Å². The number of hydrogen-bond donors (Lipinski definition) is 1. The van der Waals surface area contributed by atoms with Crippen molar-refractivity contribution in [3.8, 4) is 11.1 Å². The molecule has 4 nitrogen and oxygen atoms in total. The Morgan fingerprint density at radius 2 is 1.68 bits per heavy atom. The van der Waals surface area contributed by atoms with Gasteiger partial charge in [0, 0.05) is 17.9 Å². The van der Waals surface area contributed by atoms with Gasteiger partial charge in [-0.3, -0.25) is 4.79 Å². The molecule has 0 aromatic heterocycles. The standard InChI is InChI=1S/C20H14ClF2NO3S/c1-28(26,27)14-7-8-17(21)16(11-14)20(25)24-19-15(9-13(22)10-18(19)23)12-5-3-2-4-6-12/h2-11H,1H3,(H,24,25). The molecule has 28 heavy (non-hydrogen) atoms. The largest absolute Gasteiger partial charge is 0.319 e. The van der Waals surface area contributed by atoms with Gasteiger partial charge < -0.3 is 5.32 Å². The van der Waals surface area contributed by atoms with Gasteiger partial charge in [0.2, 0.25) is 0 Å². The Kier molecular flexibility index (Phi) is 5.49. The van der Waals surface area contributed by atoms with Gasteiger partial charge in [0.15, 0.2) is 9.84 Å². The van der Waals surface area contributed by atoms with Crippen molar-refractivity contribution in [2.45, 2.75) is 4.90 Å². The van der Waals surface area contributed by atoms with Crippen LogP contribution in [-0.2, 0) is 9.84 Å². The third kappa shape index (κ3) is 4.21. The molecule has 0 spiro atoms. The summed E-state index contributed by atoms with van der Waals surface area (Å²) >= 11 is 6.02. The molecule has 1 amide bonds. The molecule has 3 rings (SSSR count). The molecule has 0 aliphatic carbocycles. The highest BCUT2D eigenvalue weighted by atomic mass is 35.5. The van der Waals surface area contributed by atoms with Crippen LogP contribution in [0.25, 0.3) is 11.1 Å². The highest BCUT2D eigenvalue weighted by molar-refractivity contribution is 7.90. The van der Waals surface area contributed by atoms with Crippen LogP contribution >= 0.6 is 11.6 Å². The smallest absolute Gasteiger partial charge is 0.257 e. The number of hydrogen-bond acceptors (Lipinski definition) is 3. The quantitative estimate of drug-likeness (QED) is 0.649. The van der Waals surface area contributed by atoms with Crippen molar-refractivity contribution in [3.05, 3.63) is 82.9 Å². The molecule has 0 aliphatic heterocycles. The third-order valence-corrected chi connectivity index (χ3v) is 5.43. The normalized spacial score (nSPS) is 11.3. The second-order valence-electron chi connectivity index (χ2n) is 6.04. The molecule has 0 saturated heterocycles. The van der Waals surface area contributed by atoms with Gasteiger partial charge in [0.05, 0.1) is 21.2 Å². The van der Waals surface area contributed by atoms with Crippen LogP contribution in [0.3, 0.4) is 0 Å². The first-order valence-corrected chi connectivity index (χ1v) is 10.3. The van der Waals surface area contributed by atoms with Crippen LogP contribution in [0, 0.1) is 11.6 Å². The van der Waals surface area contributed by atoms with E-state index >= 15 is 0 Å². The van der Waals surface area contributed by atoms with Crippen LogP contribution in [0.1, 0.15) is 10.4 Å². The predicted octanol–water partition coefficient (Wildman–Crippen LogP) is 4.94. The number of halogens is 3. The average molecular weight is 422 g/mol. The lowest BCUT2D eigenvalue weighted by Crippen LogP contribution is -2.15. The van der Waals surface area contributed by atoms with Crippen LogP contribution in [0.4, 0.5) is 14.5 Å². The van der Waals surface area contributed by atoms with Crippen LogP contribution in [-0.4, -0.2) is 20.6 Å². The summed E-state index contributed by atoms with van der Waals surface area (Å²) in [7, 11) is -3.58. The number of benzene rings is 3. The van der Waals surface area contributed by atoms with E-state index in [0.717, 1.165) is 18.4 Å². The van der Waals surface area contributed by atoms with Crippen molar-refractivity contribution in [1.82, 2.24) is 0 Å². The maximum absolute atomic E-state index is 14.5. The molecule has 0 heterocycles. The number of carbonyl (C=O) groups is 1. The number of carbonyl (C=O) groups excluding carboxylic acids is 1. The molecule has 0 bridgehead atoms. The lowest BCUT2D eigenvalue weighted by Gasteiger charge is -2.14. The second kappa shape index (κ2) is 7.69. The van der Waals surface area contributed by atoms with E-state index in [2.05, 4.69) is 5.32 Å². The maximum Gasteiger partial charge on any atom is 0.257 e. The Hall–Kier alpha value is -2.77. The van der Waals surface area contributed by atoms with E-state index in [9.17, 15) is 22.0 Å². The van der Waals surface area contributed by atoms with E-state index in [-0.39, 0.29) is 26.7 Å². The first kappa shape index (κ1) is 20.0. The predicted molar refractivity (Wildman–Crippen MR) is 104 cm³/mol. The third-order valence-electron chi connectivity index (χ3n) is 3.99. The molecule has 8 heteroatoms. The van der Waals surface area contributed by atoms with E-state index in [0.29, 0.717) is 11.6 Å². The number of amides is 1. The summed E-state index contributed by atoms with van der Waals surface area (Å²) in [6.45, 7) is 0. The summed E-state index contributed by atoms with van der Waals surface area (Å²) < 4.78 is 51.7. The highest BCUT2D eigenvalue weighted by Crippen LogP contribution is 2.32. The second-order valence-corrected chi connectivity index (χ2v) is 8.47. The number of rotatable bonds is 4. The fourth-order valence-corrected chi connectivity index (χ4v) is 3.49. The summed E-state index contributed by atoms with van der Waals surface area (Å²) in [5.74, 6) is -2.59. The zero-order valence-corrected chi connectivity index (χ0v) is 16.1. The molecule has 0 saturated carbocycles. The minimum Gasteiger partial charge on any atom is -0.319 e. The van der Waals surface area contributed by atoms with Gasteiger partial charge in [0.1, 0.15) is 11.6 Å². The molecule has 3 aromatic rings. The molecule has 3 aromatic carbocycles. The van der Waals surface area contributed by atoms with Gasteiger partial charge in [-0.2, -0.15) is 0 Å². The van der Waals surface area contributed by atoms with Crippen molar-refractivity contribution in [1.29, 1.82) is 0 Å². The van der Waals surface area contributed by atoms with Crippen LogP contribution < -0.4 is 5.32 Å². The molecule has 144 valence electrons. The molecular formula is C20H14ClF2NO3S. The summed E-state index contributed by atoms with van der Waals surface area (Å²) in [5.41, 5.74) is 0.250. The Morgan fingerprint density at radius 1 is 1.00 bits per heavy atom.